The van der Waals surface area contributed by atoms with Crippen LogP contribution in [0.25, 0.3) is 12.2 Å². The average Bonchev–Trinajstić information content (AvgIpc) is 3.00. The highest BCUT2D eigenvalue weighted by molar-refractivity contribution is 5.93. The fourth-order valence-corrected chi connectivity index (χ4v) is 3.69. The Morgan fingerprint density at radius 1 is 0.674 bits per heavy atom. The quantitative estimate of drug-likeness (QED) is 0.150. The van der Waals surface area contributed by atoms with E-state index in [1.54, 1.807) is 79.7 Å². The molecule has 43 heavy (non-hydrogen) atoms. The summed E-state index contributed by atoms with van der Waals surface area (Å²) < 4.78 is 41.9. The van der Waals surface area contributed by atoms with Crippen LogP contribution < -0.4 is 9.47 Å². The summed E-state index contributed by atoms with van der Waals surface area (Å²) in [4.78, 5) is 22.1. The van der Waals surface area contributed by atoms with Gasteiger partial charge in [0.05, 0.1) is 7.11 Å². The van der Waals surface area contributed by atoms with E-state index < -0.39 is 5.97 Å². The largest absolute Gasteiger partial charge is 0.489 e. The van der Waals surface area contributed by atoms with Crippen LogP contribution in [0.15, 0.2) is 108 Å². The molecule has 0 atom stereocenters. The lowest BCUT2D eigenvalue weighted by Gasteiger charge is -2.07. The number of ether oxygens (including phenoxy) is 3. The van der Waals surface area contributed by atoms with Crippen molar-refractivity contribution in [3.05, 3.63) is 142 Å². The smallest absolute Gasteiger partial charge is 0.333 e. The van der Waals surface area contributed by atoms with E-state index >= 15 is 0 Å². The lowest BCUT2D eigenvalue weighted by Crippen LogP contribution is -2.01. The van der Waals surface area contributed by atoms with Crippen LogP contribution in [0.2, 0.25) is 0 Å². The molecule has 0 bridgehead atoms. The summed E-state index contributed by atoms with van der Waals surface area (Å²) in [5, 5.41) is 8.81. The molecule has 0 radical (unpaired) electrons. The first-order valence-corrected chi connectivity index (χ1v) is 13.3. The molecule has 0 fully saturated rings. The van der Waals surface area contributed by atoms with E-state index in [4.69, 9.17) is 14.6 Å². The van der Waals surface area contributed by atoms with E-state index in [0.717, 1.165) is 22.3 Å². The molecule has 0 spiro atoms. The van der Waals surface area contributed by atoms with Gasteiger partial charge in [0.15, 0.2) is 0 Å². The molecule has 4 rings (SSSR count). The molecule has 0 saturated heterocycles. The Morgan fingerprint density at radius 2 is 1.09 bits per heavy atom. The summed E-state index contributed by atoms with van der Waals surface area (Å²) in [6, 6.07) is 26.9. The molecule has 0 heterocycles. The minimum atomic E-state index is -0.943. The van der Waals surface area contributed by atoms with Gasteiger partial charge in [0.25, 0.3) is 0 Å². The maximum Gasteiger partial charge on any atom is 0.333 e. The van der Waals surface area contributed by atoms with Gasteiger partial charge in [-0.15, -0.1) is 0 Å². The highest BCUT2D eigenvalue weighted by Crippen LogP contribution is 2.18. The number of benzene rings is 4. The van der Waals surface area contributed by atoms with Gasteiger partial charge in [-0.25, -0.2) is 18.4 Å². The fraction of sp³-hybridized carbons (Fsp3) is 0.143. The first kappa shape index (κ1) is 32.3. The topological polar surface area (TPSA) is 82.1 Å². The van der Waals surface area contributed by atoms with E-state index in [-0.39, 0.29) is 29.8 Å². The maximum atomic E-state index is 13.1. The predicted octanol–water partition coefficient (Wildman–Crippen LogP) is 7.87. The highest BCUT2D eigenvalue weighted by Gasteiger charge is 2.04. The minimum Gasteiger partial charge on any atom is -0.489 e. The summed E-state index contributed by atoms with van der Waals surface area (Å²) in [5.41, 5.74) is 3.97. The molecule has 0 saturated carbocycles. The molecule has 0 aromatic heterocycles. The average molecular weight is 587 g/mol. The molecular weight excluding hydrogens is 554 g/mol. The first-order chi connectivity index (χ1) is 20.6. The standard InChI is InChI=1S/C18H17FO3.C17H15FO3/c1-13(18(20)21-2)10-14-6-8-17(9-7-14)22-12-15-4-3-5-16(19)11-15;1-12(17(19)20)9-13-5-7-16(8-6-13)21-11-14-3-2-4-15(18)10-14/h3-11H,12H2,1-2H3;2-10H,11H2,1H3,(H,19,20). The van der Waals surface area contributed by atoms with Crippen molar-refractivity contribution in [1.82, 2.24) is 0 Å². The van der Waals surface area contributed by atoms with E-state index in [0.29, 0.717) is 23.7 Å². The van der Waals surface area contributed by atoms with E-state index in [2.05, 4.69) is 4.74 Å². The van der Waals surface area contributed by atoms with Crippen LogP contribution in [0.3, 0.4) is 0 Å². The third-order valence-corrected chi connectivity index (χ3v) is 5.96. The number of hydrogen-bond acceptors (Lipinski definition) is 5. The van der Waals surface area contributed by atoms with Crippen LogP contribution in [0, 0.1) is 11.6 Å². The summed E-state index contributed by atoms with van der Waals surface area (Å²) in [6.07, 6.45) is 3.32. The zero-order valence-electron chi connectivity index (χ0n) is 24.1. The summed E-state index contributed by atoms with van der Waals surface area (Å²) in [5.74, 6) is -0.546. The molecule has 222 valence electrons. The second-order valence-electron chi connectivity index (χ2n) is 9.43. The van der Waals surface area contributed by atoms with Crippen molar-refractivity contribution in [1.29, 1.82) is 0 Å². The number of esters is 1. The van der Waals surface area contributed by atoms with Crippen LogP contribution in [-0.4, -0.2) is 24.2 Å². The Morgan fingerprint density at radius 3 is 1.47 bits per heavy atom. The summed E-state index contributed by atoms with van der Waals surface area (Å²) >= 11 is 0. The predicted molar refractivity (Wildman–Crippen MR) is 161 cm³/mol. The zero-order valence-corrected chi connectivity index (χ0v) is 24.1. The van der Waals surface area contributed by atoms with Crippen LogP contribution in [0.5, 0.6) is 11.5 Å². The zero-order chi connectivity index (χ0) is 31.2. The number of aliphatic carboxylic acids is 1. The molecule has 0 unspecified atom stereocenters. The highest BCUT2D eigenvalue weighted by atomic mass is 19.1. The van der Waals surface area contributed by atoms with Gasteiger partial charge in [-0.2, -0.15) is 0 Å². The number of rotatable bonds is 10. The van der Waals surface area contributed by atoms with Crippen molar-refractivity contribution in [3.8, 4) is 11.5 Å². The third-order valence-electron chi connectivity index (χ3n) is 5.96. The molecule has 1 N–H and O–H groups in total. The number of carboxylic acids is 1. The van der Waals surface area contributed by atoms with Crippen LogP contribution in [-0.2, 0) is 27.5 Å². The Hall–Kier alpha value is -5.24. The molecule has 0 aliphatic rings. The number of carbonyl (C=O) groups excluding carboxylic acids is 1. The Labute approximate surface area is 249 Å². The normalized spacial score (nSPS) is 11.2. The van der Waals surface area contributed by atoms with Crippen LogP contribution in [0.1, 0.15) is 36.1 Å². The molecular formula is C35H32F2O6. The van der Waals surface area contributed by atoms with Gasteiger partial charge in [-0.05, 0) is 96.8 Å². The van der Waals surface area contributed by atoms with E-state index in [1.807, 2.05) is 12.1 Å². The van der Waals surface area contributed by atoms with Gasteiger partial charge in [0.2, 0.25) is 0 Å². The summed E-state index contributed by atoms with van der Waals surface area (Å²) in [7, 11) is 1.35. The molecule has 0 aliphatic carbocycles. The van der Waals surface area contributed by atoms with Crippen molar-refractivity contribution in [2.45, 2.75) is 27.1 Å². The van der Waals surface area contributed by atoms with Gasteiger partial charge in [-0.3, -0.25) is 0 Å². The van der Waals surface area contributed by atoms with Crippen molar-refractivity contribution in [3.63, 3.8) is 0 Å². The van der Waals surface area contributed by atoms with Crippen molar-refractivity contribution >= 4 is 24.1 Å². The SMILES string of the molecule is CC(=Cc1ccc(OCc2cccc(F)c2)cc1)C(=O)O.COC(=O)C(C)=Cc1ccc(OCc2cccc(F)c2)cc1. The number of halogens is 2. The fourth-order valence-electron chi connectivity index (χ4n) is 3.69. The lowest BCUT2D eigenvalue weighted by molar-refractivity contribution is -0.136. The van der Waals surface area contributed by atoms with Gasteiger partial charge in [-0.1, -0.05) is 48.5 Å². The molecule has 8 heteroatoms. The Kier molecular flexibility index (Phi) is 12.2. The third kappa shape index (κ3) is 11.3. The molecule has 6 nitrogen and oxygen atoms in total. The van der Waals surface area contributed by atoms with Gasteiger partial charge >= 0.3 is 11.9 Å². The Balaban J connectivity index is 0.000000236. The monoisotopic (exact) mass is 586 g/mol. The Bertz CT molecular complexity index is 1570. The number of methoxy groups -OCH3 is 1. The first-order valence-electron chi connectivity index (χ1n) is 13.3. The second-order valence-corrected chi connectivity index (χ2v) is 9.43. The lowest BCUT2D eigenvalue weighted by atomic mass is 10.1. The number of carbonyl (C=O) groups is 2. The molecule has 0 amide bonds. The van der Waals surface area contributed by atoms with Crippen LogP contribution in [0.4, 0.5) is 8.78 Å². The number of carboxylic acid groups (broad SMARTS) is 1. The summed E-state index contributed by atoms with van der Waals surface area (Å²) in [6.45, 7) is 3.81. The van der Waals surface area contributed by atoms with Gasteiger partial charge in [0, 0.05) is 11.1 Å². The van der Waals surface area contributed by atoms with Crippen molar-refractivity contribution in [2.75, 3.05) is 7.11 Å². The van der Waals surface area contributed by atoms with E-state index in [9.17, 15) is 18.4 Å². The van der Waals surface area contributed by atoms with Crippen LogP contribution >= 0.6 is 0 Å². The maximum absolute atomic E-state index is 13.1. The van der Waals surface area contributed by atoms with Crippen molar-refractivity contribution in [2.24, 2.45) is 0 Å². The van der Waals surface area contributed by atoms with Gasteiger partial charge < -0.3 is 19.3 Å². The molecule has 0 aliphatic heterocycles. The minimum absolute atomic E-state index is 0.267. The molecule has 4 aromatic carbocycles. The second kappa shape index (κ2) is 16.3. The molecule has 4 aromatic rings. The van der Waals surface area contributed by atoms with Crippen molar-refractivity contribution < 1.29 is 37.7 Å². The van der Waals surface area contributed by atoms with E-state index in [1.165, 1.54) is 38.3 Å². The van der Waals surface area contributed by atoms with Gasteiger partial charge in [0.1, 0.15) is 36.3 Å². The number of hydrogen-bond donors (Lipinski definition) is 1.